The van der Waals surface area contributed by atoms with E-state index in [0.717, 1.165) is 0 Å². The molecule has 0 spiro atoms. The van der Waals surface area contributed by atoms with Gasteiger partial charge in [0.2, 0.25) is 34.4 Å². The Hall–Kier alpha value is -3.44. The van der Waals surface area contributed by atoms with Crippen LogP contribution in [0, 0.1) is 0 Å². The lowest BCUT2D eigenvalue weighted by Gasteiger charge is -2.06. The molecule has 1 aliphatic rings. The van der Waals surface area contributed by atoms with Gasteiger partial charge in [0, 0.05) is 18.2 Å². The molecule has 11 heteroatoms. The van der Waals surface area contributed by atoms with E-state index >= 15 is 0 Å². The summed E-state index contributed by atoms with van der Waals surface area (Å²) in [5.41, 5.74) is 1.15. The first-order valence-electron chi connectivity index (χ1n) is 8.51. The van der Waals surface area contributed by atoms with E-state index in [0.29, 0.717) is 28.6 Å². The molecule has 0 aliphatic carbocycles. The fourth-order valence-corrected chi connectivity index (χ4v) is 3.61. The number of aromatic nitrogens is 2. The normalized spacial score (nSPS) is 12.7. The number of carbonyl (C=O) groups is 1. The molecule has 0 unspecified atom stereocenters. The summed E-state index contributed by atoms with van der Waals surface area (Å²) in [6.45, 7) is 1.35. The van der Waals surface area contributed by atoms with Crippen molar-refractivity contribution in [1.82, 2.24) is 14.9 Å². The van der Waals surface area contributed by atoms with E-state index in [9.17, 15) is 13.2 Å². The fourth-order valence-electron chi connectivity index (χ4n) is 2.64. The molecule has 1 amide bonds. The quantitative estimate of drug-likeness (QED) is 0.623. The summed E-state index contributed by atoms with van der Waals surface area (Å²) in [7, 11) is -3.79. The number of nitrogens with one attached hydrogen (secondary N) is 2. The van der Waals surface area contributed by atoms with Crippen molar-refractivity contribution in [3.8, 4) is 22.9 Å². The van der Waals surface area contributed by atoms with E-state index in [1.165, 1.54) is 31.2 Å². The predicted octanol–water partition coefficient (Wildman–Crippen LogP) is 1.90. The lowest BCUT2D eigenvalue weighted by Crippen LogP contribution is -2.23. The minimum Gasteiger partial charge on any atom is -0.454 e. The van der Waals surface area contributed by atoms with Crippen LogP contribution in [0.3, 0.4) is 0 Å². The minimum absolute atomic E-state index is 0.0436. The van der Waals surface area contributed by atoms with Crippen molar-refractivity contribution in [3.63, 3.8) is 0 Å². The Balaban J connectivity index is 1.43. The van der Waals surface area contributed by atoms with Crippen LogP contribution >= 0.6 is 0 Å². The molecule has 0 atom stereocenters. The maximum atomic E-state index is 12.4. The summed E-state index contributed by atoms with van der Waals surface area (Å²) in [6.07, 6.45) is 0. The molecule has 2 aromatic carbocycles. The highest BCUT2D eigenvalue weighted by Gasteiger charge is 2.18. The van der Waals surface area contributed by atoms with Crippen LogP contribution in [0.2, 0.25) is 0 Å². The van der Waals surface area contributed by atoms with Gasteiger partial charge in [0.25, 0.3) is 0 Å². The molecule has 1 aromatic heterocycles. The van der Waals surface area contributed by atoms with E-state index in [1.54, 1.807) is 18.2 Å². The van der Waals surface area contributed by atoms with Gasteiger partial charge in [0.05, 0.1) is 11.4 Å². The van der Waals surface area contributed by atoms with Gasteiger partial charge in [-0.05, 0) is 42.5 Å². The molecule has 2 N–H and O–H groups in total. The summed E-state index contributed by atoms with van der Waals surface area (Å²) >= 11 is 0. The van der Waals surface area contributed by atoms with Gasteiger partial charge in [-0.1, -0.05) is 5.16 Å². The number of carbonyl (C=O) groups excluding carboxylic acids is 1. The third kappa shape index (κ3) is 4.20. The molecular weight excluding hydrogens is 400 g/mol. The number of nitrogens with zero attached hydrogens (tertiary/aromatic N) is 2. The zero-order valence-electron chi connectivity index (χ0n) is 15.2. The second-order valence-corrected chi connectivity index (χ2v) is 7.88. The van der Waals surface area contributed by atoms with Gasteiger partial charge in [-0.25, -0.2) is 13.1 Å². The van der Waals surface area contributed by atoms with Gasteiger partial charge >= 0.3 is 0 Å². The minimum atomic E-state index is -3.79. The van der Waals surface area contributed by atoms with Crippen molar-refractivity contribution < 1.29 is 27.2 Å². The highest BCUT2D eigenvalue weighted by molar-refractivity contribution is 7.89. The van der Waals surface area contributed by atoms with Crippen molar-refractivity contribution in [2.24, 2.45) is 0 Å². The number of hydrogen-bond donors (Lipinski definition) is 2. The van der Waals surface area contributed by atoms with Crippen LogP contribution in [0.4, 0.5) is 5.69 Å². The van der Waals surface area contributed by atoms with E-state index in [-0.39, 0.29) is 30.0 Å². The van der Waals surface area contributed by atoms with E-state index in [2.05, 4.69) is 20.2 Å². The van der Waals surface area contributed by atoms with E-state index in [4.69, 9.17) is 14.0 Å². The summed E-state index contributed by atoms with van der Waals surface area (Å²) in [5.74, 6) is 1.38. The van der Waals surface area contributed by atoms with Crippen LogP contribution in [0.1, 0.15) is 12.8 Å². The molecule has 29 heavy (non-hydrogen) atoms. The van der Waals surface area contributed by atoms with Gasteiger partial charge in [-0.15, -0.1) is 0 Å². The molecule has 150 valence electrons. The van der Waals surface area contributed by atoms with Crippen LogP contribution in [0.5, 0.6) is 11.5 Å². The fraction of sp³-hybridized carbons (Fsp3) is 0.167. The maximum Gasteiger partial charge on any atom is 0.242 e. The van der Waals surface area contributed by atoms with E-state index < -0.39 is 10.0 Å². The average Bonchev–Trinajstić information content (AvgIpc) is 3.35. The number of ether oxygens (including phenoxy) is 2. The number of amides is 1. The maximum absolute atomic E-state index is 12.4. The molecule has 0 saturated heterocycles. The number of fused-ring (bicyclic) bond motifs is 1. The van der Waals surface area contributed by atoms with Crippen LogP contribution in [-0.2, 0) is 21.4 Å². The van der Waals surface area contributed by atoms with Crippen molar-refractivity contribution in [3.05, 3.63) is 48.4 Å². The first-order valence-corrected chi connectivity index (χ1v) is 9.99. The largest absolute Gasteiger partial charge is 0.454 e. The first kappa shape index (κ1) is 18.9. The highest BCUT2D eigenvalue weighted by atomic mass is 32.2. The lowest BCUT2D eigenvalue weighted by molar-refractivity contribution is -0.114. The zero-order valence-corrected chi connectivity index (χ0v) is 16.0. The Labute approximate surface area is 165 Å². The topological polar surface area (TPSA) is 133 Å². The molecule has 0 saturated carbocycles. The molecule has 2 heterocycles. The highest BCUT2D eigenvalue weighted by Crippen LogP contribution is 2.35. The number of rotatable bonds is 6. The van der Waals surface area contributed by atoms with Gasteiger partial charge in [-0.2, -0.15) is 4.98 Å². The van der Waals surface area contributed by atoms with Crippen molar-refractivity contribution in [1.29, 1.82) is 0 Å². The molecule has 0 fully saturated rings. The van der Waals surface area contributed by atoms with Gasteiger partial charge < -0.3 is 19.3 Å². The summed E-state index contributed by atoms with van der Waals surface area (Å²) < 4.78 is 42.9. The van der Waals surface area contributed by atoms with Crippen LogP contribution < -0.4 is 19.5 Å². The standard InChI is InChI=1S/C18H16N4O6S/c1-11(23)20-13-3-5-14(6-4-13)29(24,25)19-9-17-21-18(22-28-17)12-2-7-15-16(8-12)27-10-26-15/h2-8,19H,9-10H2,1H3,(H,20,23). The smallest absolute Gasteiger partial charge is 0.242 e. The van der Waals surface area contributed by atoms with E-state index in [1.807, 2.05) is 0 Å². The molecule has 4 rings (SSSR count). The van der Waals surface area contributed by atoms with Crippen LogP contribution in [-0.4, -0.2) is 31.3 Å². The molecule has 0 bridgehead atoms. The molecule has 3 aromatic rings. The third-order valence-electron chi connectivity index (χ3n) is 4.00. The SMILES string of the molecule is CC(=O)Nc1ccc(S(=O)(=O)NCc2nc(-c3ccc4c(c3)OCO4)no2)cc1. The Morgan fingerprint density at radius 1 is 1.10 bits per heavy atom. The number of hydrogen-bond acceptors (Lipinski definition) is 8. The Kier molecular flexibility index (Phi) is 4.91. The number of sulfonamides is 1. The zero-order chi connectivity index (χ0) is 20.4. The number of benzene rings is 2. The van der Waals surface area contributed by atoms with Gasteiger partial charge in [0.1, 0.15) is 0 Å². The van der Waals surface area contributed by atoms with Gasteiger partial charge in [0.15, 0.2) is 11.5 Å². The second-order valence-electron chi connectivity index (χ2n) is 6.11. The monoisotopic (exact) mass is 416 g/mol. The van der Waals surface area contributed by atoms with Crippen LogP contribution in [0.15, 0.2) is 51.9 Å². The molecule has 0 radical (unpaired) electrons. The molecule has 10 nitrogen and oxygen atoms in total. The lowest BCUT2D eigenvalue weighted by atomic mass is 10.2. The number of anilines is 1. The van der Waals surface area contributed by atoms with Crippen molar-refractivity contribution >= 4 is 21.6 Å². The molecule has 1 aliphatic heterocycles. The molecular formula is C18H16N4O6S. The predicted molar refractivity (Wildman–Crippen MR) is 101 cm³/mol. The summed E-state index contributed by atoms with van der Waals surface area (Å²) in [6, 6.07) is 11.0. The van der Waals surface area contributed by atoms with Crippen LogP contribution in [0.25, 0.3) is 11.4 Å². The summed E-state index contributed by atoms with van der Waals surface area (Å²) in [4.78, 5) is 15.3. The first-order chi connectivity index (χ1) is 13.9. The second kappa shape index (κ2) is 7.53. The Morgan fingerprint density at radius 2 is 1.86 bits per heavy atom. The average molecular weight is 416 g/mol. The third-order valence-corrected chi connectivity index (χ3v) is 5.41. The van der Waals surface area contributed by atoms with Crippen molar-refractivity contribution in [2.75, 3.05) is 12.1 Å². The Morgan fingerprint density at radius 3 is 2.62 bits per heavy atom. The summed E-state index contributed by atoms with van der Waals surface area (Å²) in [5, 5.41) is 6.44. The Bertz CT molecular complexity index is 1160. The van der Waals surface area contributed by atoms with Crippen molar-refractivity contribution in [2.45, 2.75) is 18.4 Å². The van der Waals surface area contributed by atoms with Gasteiger partial charge in [-0.3, -0.25) is 4.79 Å².